The van der Waals surface area contributed by atoms with Gasteiger partial charge in [0.15, 0.2) is 10.9 Å². The highest BCUT2D eigenvalue weighted by molar-refractivity contribution is 7.22. The van der Waals surface area contributed by atoms with Crippen LogP contribution in [0.5, 0.6) is 0 Å². The number of benzene rings is 2. The summed E-state index contributed by atoms with van der Waals surface area (Å²) < 4.78 is 59.2. The summed E-state index contributed by atoms with van der Waals surface area (Å²) in [6.45, 7) is 4.83. The van der Waals surface area contributed by atoms with E-state index in [9.17, 15) is 18.0 Å². The molecule has 0 aliphatic carbocycles. The first kappa shape index (κ1) is 29.3. The van der Waals surface area contributed by atoms with Gasteiger partial charge in [-0.25, -0.2) is 27.5 Å². The van der Waals surface area contributed by atoms with Gasteiger partial charge in [0, 0.05) is 61.7 Å². The Balaban J connectivity index is 1.45. The second-order valence-electron chi connectivity index (χ2n) is 10.7. The third-order valence-corrected chi connectivity index (χ3v) is 9.03. The Morgan fingerprint density at radius 3 is 2.63 bits per heavy atom. The maximum absolute atomic E-state index is 16.6. The van der Waals surface area contributed by atoms with Crippen LogP contribution in [0.3, 0.4) is 0 Å². The largest absolute Gasteiger partial charge is 0.375 e. The van der Waals surface area contributed by atoms with E-state index in [-0.39, 0.29) is 68.4 Å². The van der Waals surface area contributed by atoms with Gasteiger partial charge in [-0.15, -0.1) is 0 Å². The van der Waals surface area contributed by atoms with Gasteiger partial charge in [-0.05, 0) is 31.3 Å². The van der Waals surface area contributed by atoms with Gasteiger partial charge in [-0.1, -0.05) is 29.5 Å². The zero-order chi connectivity index (χ0) is 30.6. The molecule has 2 fully saturated rings. The molecule has 2 aromatic heterocycles. The number of thiazole rings is 1. The number of nitrogens with zero attached hydrogens (tertiary/aromatic N) is 6. The van der Waals surface area contributed by atoms with Gasteiger partial charge in [-0.3, -0.25) is 9.69 Å². The van der Waals surface area contributed by atoms with Gasteiger partial charge in [0.2, 0.25) is 11.9 Å². The van der Waals surface area contributed by atoms with Crippen molar-refractivity contribution in [3.63, 3.8) is 0 Å². The number of anilines is 3. The number of aromatic nitrogens is 3. The number of halogens is 5. The minimum Gasteiger partial charge on any atom is -0.375 e. The van der Waals surface area contributed by atoms with Crippen LogP contribution in [0.4, 0.5) is 34.5 Å². The number of likely N-dealkylation sites (tertiary alicyclic amines) is 1. The number of hydrogen-bond donors (Lipinski definition) is 2. The third kappa shape index (κ3) is 5.43. The van der Waals surface area contributed by atoms with Gasteiger partial charge in [0.1, 0.15) is 17.2 Å². The van der Waals surface area contributed by atoms with Gasteiger partial charge in [0.05, 0.1) is 21.8 Å². The molecule has 9 nitrogen and oxygen atoms in total. The summed E-state index contributed by atoms with van der Waals surface area (Å²) >= 11 is 7.64. The van der Waals surface area contributed by atoms with E-state index in [0.29, 0.717) is 37.4 Å². The molecule has 0 spiro atoms. The van der Waals surface area contributed by atoms with E-state index in [1.165, 1.54) is 18.2 Å². The second-order valence-corrected chi connectivity index (χ2v) is 12.1. The van der Waals surface area contributed by atoms with Gasteiger partial charge in [0.25, 0.3) is 5.92 Å². The molecule has 0 unspecified atom stereocenters. The number of nitrogen functional groups attached to an aromatic ring is 1. The Labute approximate surface area is 252 Å². The lowest BCUT2D eigenvalue weighted by molar-refractivity contribution is -0.126. The molecule has 4 heterocycles. The fourth-order valence-electron chi connectivity index (χ4n) is 5.70. The normalized spacial score (nSPS) is 19.0. The summed E-state index contributed by atoms with van der Waals surface area (Å²) in [5, 5.41) is 3.50. The molecule has 2 saturated heterocycles. The van der Waals surface area contributed by atoms with Gasteiger partial charge in [-0.2, -0.15) is 4.98 Å². The topological polar surface area (TPSA) is 104 Å². The van der Waals surface area contributed by atoms with E-state index in [2.05, 4.69) is 26.8 Å². The number of likely N-dealkylation sites (N-methyl/N-ethyl adjacent to an activating group) is 1. The van der Waals surface area contributed by atoms with E-state index in [1.54, 1.807) is 22.9 Å². The van der Waals surface area contributed by atoms with Crippen molar-refractivity contribution in [2.75, 3.05) is 62.3 Å². The molecule has 1 atom stereocenters. The fourth-order valence-corrected chi connectivity index (χ4v) is 6.76. The number of piperazine rings is 1. The quantitative estimate of drug-likeness (QED) is 0.226. The first-order valence-corrected chi connectivity index (χ1v) is 14.7. The lowest BCUT2D eigenvalue weighted by Crippen LogP contribution is -2.48. The zero-order valence-corrected chi connectivity index (χ0v) is 24.6. The number of fused-ring (bicyclic) bond motifs is 2. The summed E-state index contributed by atoms with van der Waals surface area (Å²) in [7, 11) is 1.62. The highest BCUT2D eigenvalue weighted by Gasteiger charge is 2.43. The van der Waals surface area contributed by atoms with Crippen LogP contribution < -0.4 is 16.0 Å². The number of nitrogens with two attached hydrogens (primary N) is 1. The van der Waals surface area contributed by atoms with Crippen molar-refractivity contribution in [1.82, 2.24) is 24.8 Å². The number of carbonyl (C=O) groups is 1. The number of nitrogens with one attached hydrogen (secondary N) is 1. The van der Waals surface area contributed by atoms with Crippen LogP contribution >= 0.6 is 22.9 Å². The minimum atomic E-state index is -2.81. The maximum atomic E-state index is 16.6. The first-order chi connectivity index (χ1) is 20.5. The Morgan fingerprint density at radius 2 is 1.95 bits per heavy atom. The molecule has 3 N–H and O–H groups in total. The second kappa shape index (κ2) is 11.1. The van der Waals surface area contributed by atoms with E-state index >= 15 is 4.39 Å². The molecule has 2 aliphatic heterocycles. The van der Waals surface area contributed by atoms with Crippen molar-refractivity contribution in [1.29, 1.82) is 0 Å². The smallest absolute Gasteiger partial charge is 0.262 e. The number of amides is 1. The summed E-state index contributed by atoms with van der Waals surface area (Å²) in [5.74, 6) is -3.91. The van der Waals surface area contributed by atoms with Crippen molar-refractivity contribution >= 4 is 66.9 Å². The number of hydrogen-bond acceptors (Lipinski definition) is 9. The molecular formula is C28H27ClF4N8OS. The molecule has 0 saturated carbocycles. The molecule has 4 aromatic rings. The molecule has 1 amide bonds. The van der Waals surface area contributed by atoms with Crippen LogP contribution in [0.15, 0.2) is 30.9 Å². The van der Waals surface area contributed by atoms with E-state index < -0.39 is 23.6 Å². The maximum Gasteiger partial charge on any atom is 0.262 e. The third-order valence-electron chi connectivity index (χ3n) is 7.84. The number of carbonyl (C=O) groups excluding carboxylic acids is 1. The van der Waals surface area contributed by atoms with Crippen molar-refractivity contribution in [3.05, 3.63) is 47.5 Å². The predicted molar refractivity (Wildman–Crippen MR) is 161 cm³/mol. The molecule has 2 aromatic carbocycles. The van der Waals surface area contributed by atoms with Gasteiger partial charge < -0.3 is 20.9 Å². The molecular weight excluding hydrogens is 608 g/mol. The number of rotatable bonds is 6. The molecule has 226 valence electrons. The van der Waals surface area contributed by atoms with E-state index in [1.807, 2.05) is 4.90 Å². The Kier molecular flexibility index (Phi) is 7.55. The van der Waals surface area contributed by atoms with Crippen LogP contribution in [-0.4, -0.2) is 88.9 Å². The average molecular weight is 635 g/mol. The van der Waals surface area contributed by atoms with E-state index in [0.717, 1.165) is 11.3 Å². The van der Waals surface area contributed by atoms with Crippen LogP contribution in [0, 0.1) is 11.6 Å². The van der Waals surface area contributed by atoms with Crippen molar-refractivity contribution < 1.29 is 22.4 Å². The van der Waals surface area contributed by atoms with E-state index in [4.69, 9.17) is 17.3 Å². The van der Waals surface area contributed by atoms with Crippen LogP contribution in [0.2, 0.25) is 5.02 Å². The lowest BCUT2D eigenvalue weighted by Gasteiger charge is -2.35. The highest BCUT2D eigenvalue weighted by Crippen LogP contribution is 2.42. The Hall–Kier alpha value is -3.75. The molecule has 43 heavy (non-hydrogen) atoms. The zero-order valence-electron chi connectivity index (χ0n) is 23.0. The lowest BCUT2D eigenvalue weighted by atomic mass is 10.0. The highest BCUT2D eigenvalue weighted by atomic mass is 35.5. The Bertz CT molecular complexity index is 1760. The molecule has 0 bridgehead atoms. The molecule has 0 radical (unpaired) electrons. The standard InChI is InChI=1S/C28H27ClF4N8OS/c1-3-19(42)40-6-8-41(9-7-40)25-16-10-17(29)20(15-4-5-18(30)24-23(15)36-26(34)43-24)21(31)22(16)37-27(38-25)35-12-14-11-28(32,33)13-39(14)2/h3-5,10,14H,1,6-9,11-13H2,2H3,(H2,34,36)(H,35,37,38)/t14-/m0/s1. The SMILES string of the molecule is C=CC(=O)N1CCN(c2nc(NC[C@@H]3CC(F)(F)CN3C)nc3c(F)c(-c4ccc(F)c5sc(N)nc45)c(Cl)cc23)CC1. The Morgan fingerprint density at radius 1 is 1.21 bits per heavy atom. The average Bonchev–Trinajstić information content (AvgIpc) is 3.50. The van der Waals surface area contributed by atoms with Crippen molar-refractivity contribution in [2.24, 2.45) is 0 Å². The van der Waals surface area contributed by atoms with Gasteiger partial charge >= 0.3 is 0 Å². The summed E-state index contributed by atoms with van der Waals surface area (Å²) in [4.78, 5) is 30.6. The fraction of sp³-hybridized carbons (Fsp3) is 0.357. The predicted octanol–water partition coefficient (Wildman–Crippen LogP) is 5.01. The minimum absolute atomic E-state index is 0.0309. The molecule has 2 aliphatic rings. The van der Waals surface area contributed by atoms with Crippen molar-refractivity contribution in [2.45, 2.75) is 18.4 Å². The summed E-state index contributed by atoms with van der Waals surface area (Å²) in [6.07, 6.45) is 0.919. The molecule has 6 rings (SSSR count). The summed E-state index contributed by atoms with van der Waals surface area (Å²) in [5.41, 5.74) is 6.16. The van der Waals surface area contributed by atoms with Crippen LogP contribution in [0.25, 0.3) is 32.2 Å². The monoisotopic (exact) mass is 634 g/mol. The number of alkyl halides is 2. The molecule has 15 heteroatoms. The van der Waals surface area contributed by atoms with Crippen LogP contribution in [0.1, 0.15) is 6.42 Å². The first-order valence-electron chi connectivity index (χ1n) is 13.5. The van der Waals surface area contributed by atoms with Crippen LogP contribution in [-0.2, 0) is 4.79 Å². The summed E-state index contributed by atoms with van der Waals surface area (Å²) in [6, 6.07) is 3.65. The van der Waals surface area contributed by atoms with Crippen molar-refractivity contribution in [3.8, 4) is 11.1 Å².